The van der Waals surface area contributed by atoms with E-state index in [1.165, 1.54) is 238 Å². The van der Waals surface area contributed by atoms with E-state index < -0.39 is 49.5 Å². The molecule has 1 heterocycles. The van der Waals surface area contributed by atoms with Crippen molar-refractivity contribution in [2.75, 3.05) is 19.8 Å². The molecule has 6 N–H and O–H groups in total. The number of rotatable bonds is 64. The summed E-state index contributed by atoms with van der Waals surface area (Å²) in [5.74, 6) is -0.185. The molecule has 1 saturated heterocycles. The SMILES string of the molecule is CCC/C=C/CC/C=C/CC/C=C/C(O)C(COC1OC(CO)C(O)C(O)C1O)NC(=O)CCCCCCCCCCCCCCCCCCC/C=C\C/C=C\CCCCCCCCCCCCCOC(=O)CCCCCCCCCCCCCC. The molecule has 0 saturated carbocycles. The van der Waals surface area contributed by atoms with E-state index in [1.807, 2.05) is 6.08 Å². The van der Waals surface area contributed by atoms with Crippen LogP contribution < -0.4 is 5.32 Å². The lowest BCUT2D eigenvalue weighted by Gasteiger charge is -2.40. The van der Waals surface area contributed by atoms with Crippen molar-refractivity contribution in [3.05, 3.63) is 60.8 Å². The molecule has 1 fully saturated rings. The number of allylic oxidation sites excluding steroid dienone is 9. The number of carbonyl (C=O) groups excluding carboxylic acids is 2. The van der Waals surface area contributed by atoms with E-state index in [4.69, 9.17) is 14.2 Å². The van der Waals surface area contributed by atoms with Gasteiger partial charge in [-0.1, -0.05) is 306 Å². The highest BCUT2D eigenvalue weighted by Crippen LogP contribution is 2.23. The third-order valence-electron chi connectivity index (χ3n) is 17.1. The minimum Gasteiger partial charge on any atom is -0.466 e. The summed E-state index contributed by atoms with van der Waals surface area (Å²) in [6.07, 6.45) is 75.3. The largest absolute Gasteiger partial charge is 0.466 e. The van der Waals surface area contributed by atoms with Gasteiger partial charge in [0, 0.05) is 12.8 Å². The van der Waals surface area contributed by atoms with Crippen LogP contribution in [0.15, 0.2) is 60.8 Å². The number of nitrogens with one attached hydrogen (secondary N) is 1. The maximum Gasteiger partial charge on any atom is 0.305 e. The minimum atomic E-state index is -1.58. The van der Waals surface area contributed by atoms with E-state index in [-0.39, 0.29) is 18.5 Å². The standard InChI is InChI=1S/C75H137NO10/c1-3-5-7-9-11-13-15-43-47-51-55-59-63-71(80)84-64-60-56-52-48-44-40-38-36-34-32-30-28-26-24-22-20-18-16-17-19-21-23-25-27-29-31-33-35-37-39-42-46-50-54-58-62-70(79)76-67(66-85-75-74(83)73(82)72(81)69(65-77)86-75)68(78)61-57-53-49-45-41-14-12-10-8-6-4-2/h8,10,18,20,24,26,41,45,57,61,67-69,72-75,77-78,81-83H,3-7,9,11-17,19,21-23,25,27-40,42-44,46-56,58-60,62-66H2,1-2H3,(H,76,79)/b10-8+,20-18-,26-24-,45-41+,61-57+. The number of aliphatic hydroxyl groups is 5. The molecule has 11 nitrogen and oxygen atoms in total. The first-order valence-corrected chi connectivity index (χ1v) is 36.6. The van der Waals surface area contributed by atoms with Gasteiger partial charge < -0.3 is 45.1 Å². The fourth-order valence-electron chi connectivity index (χ4n) is 11.3. The Bertz CT molecular complexity index is 1610. The Hall–Kier alpha value is -2.64. The molecule has 0 aromatic heterocycles. The van der Waals surface area contributed by atoms with Crippen LogP contribution in [0.25, 0.3) is 0 Å². The first-order valence-electron chi connectivity index (χ1n) is 36.6. The number of amides is 1. The van der Waals surface area contributed by atoms with Crippen molar-refractivity contribution < 1.29 is 49.3 Å². The Morgan fingerprint density at radius 3 is 1.26 bits per heavy atom. The smallest absolute Gasteiger partial charge is 0.305 e. The number of hydrogen-bond donors (Lipinski definition) is 6. The predicted molar refractivity (Wildman–Crippen MR) is 361 cm³/mol. The summed E-state index contributed by atoms with van der Waals surface area (Å²) >= 11 is 0. The molecule has 0 aromatic rings. The van der Waals surface area contributed by atoms with E-state index in [9.17, 15) is 35.1 Å². The first-order chi connectivity index (χ1) is 42.2. The quantitative estimate of drug-likeness (QED) is 0.0195. The Morgan fingerprint density at radius 2 is 0.814 bits per heavy atom. The molecular weight excluding hydrogens is 1070 g/mol. The van der Waals surface area contributed by atoms with Crippen LogP contribution in [0.5, 0.6) is 0 Å². The highest BCUT2D eigenvalue weighted by atomic mass is 16.7. The van der Waals surface area contributed by atoms with Crippen molar-refractivity contribution in [3.8, 4) is 0 Å². The van der Waals surface area contributed by atoms with Crippen molar-refractivity contribution in [1.29, 1.82) is 0 Å². The summed E-state index contributed by atoms with van der Waals surface area (Å²) in [7, 11) is 0. The zero-order valence-electron chi connectivity index (χ0n) is 55.8. The average Bonchev–Trinajstić information content (AvgIpc) is 3.71. The molecule has 502 valence electrons. The number of hydrogen-bond acceptors (Lipinski definition) is 10. The summed E-state index contributed by atoms with van der Waals surface area (Å²) in [5, 5.41) is 54.4. The molecule has 0 radical (unpaired) electrons. The maximum atomic E-state index is 13.0. The Kier molecular flexibility index (Phi) is 60.5. The second kappa shape index (κ2) is 63.9. The Labute approximate surface area is 528 Å². The molecule has 7 atom stereocenters. The number of esters is 1. The van der Waals surface area contributed by atoms with Crippen molar-refractivity contribution in [3.63, 3.8) is 0 Å². The van der Waals surface area contributed by atoms with Gasteiger partial charge in [0.15, 0.2) is 6.29 Å². The van der Waals surface area contributed by atoms with Gasteiger partial charge in [-0.15, -0.1) is 0 Å². The van der Waals surface area contributed by atoms with E-state index in [0.29, 0.717) is 19.4 Å². The molecule has 0 bridgehead atoms. The van der Waals surface area contributed by atoms with Gasteiger partial charge >= 0.3 is 5.97 Å². The Balaban J connectivity index is 1.93. The van der Waals surface area contributed by atoms with Crippen LogP contribution in [0.4, 0.5) is 0 Å². The zero-order chi connectivity index (χ0) is 62.3. The van der Waals surface area contributed by atoms with Gasteiger partial charge in [-0.05, 0) is 83.5 Å². The van der Waals surface area contributed by atoms with Crippen molar-refractivity contribution in [2.24, 2.45) is 0 Å². The predicted octanol–water partition coefficient (Wildman–Crippen LogP) is 18.9. The average molecular weight is 1210 g/mol. The third-order valence-corrected chi connectivity index (χ3v) is 17.1. The highest BCUT2D eigenvalue weighted by molar-refractivity contribution is 5.76. The van der Waals surface area contributed by atoms with Gasteiger partial charge in [0.1, 0.15) is 24.4 Å². The second-order valence-corrected chi connectivity index (χ2v) is 25.3. The lowest BCUT2D eigenvalue weighted by Crippen LogP contribution is -2.60. The number of aliphatic hydroxyl groups excluding tert-OH is 5. The fraction of sp³-hybridized carbons (Fsp3) is 0.840. The lowest BCUT2D eigenvalue weighted by atomic mass is 9.99. The van der Waals surface area contributed by atoms with Crippen molar-refractivity contribution in [2.45, 2.75) is 384 Å². The number of carbonyl (C=O) groups is 2. The summed E-state index contributed by atoms with van der Waals surface area (Å²) in [6, 6.07) is -0.833. The monoisotopic (exact) mass is 1210 g/mol. The third kappa shape index (κ3) is 52.2. The molecule has 1 aliphatic rings. The molecule has 0 aromatic carbocycles. The molecule has 1 aliphatic heterocycles. The highest BCUT2D eigenvalue weighted by Gasteiger charge is 2.44. The summed E-state index contributed by atoms with van der Waals surface area (Å²) in [5.41, 5.74) is 0. The van der Waals surface area contributed by atoms with E-state index in [0.717, 1.165) is 77.0 Å². The van der Waals surface area contributed by atoms with E-state index >= 15 is 0 Å². The second-order valence-electron chi connectivity index (χ2n) is 25.3. The van der Waals surface area contributed by atoms with Gasteiger partial charge in [-0.25, -0.2) is 0 Å². The Morgan fingerprint density at radius 1 is 0.430 bits per heavy atom. The molecule has 86 heavy (non-hydrogen) atoms. The molecule has 7 unspecified atom stereocenters. The normalized spacial score (nSPS) is 18.2. The lowest BCUT2D eigenvalue weighted by molar-refractivity contribution is -0.302. The van der Waals surface area contributed by atoms with Gasteiger partial charge in [0.2, 0.25) is 5.91 Å². The van der Waals surface area contributed by atoms with Crippen molar-refractivity contribution in [1.82, 2.24) is 5.32 Å². The van der Waals surface area contributed by atoms with Crippen molar-refractivity contribution >= 4 is 11.9 Å². The topological polar surface area (TPSA) is 175 Å². The fourth-order valence-corrected chi connectivity index (χ4v) is 11.3. The zero-order valence-corrected chi connectivity index (χ0v) is 55.8. The van der Waals surface area contributed by atoms with Crippen LogP contribution in [-0.4, -0.2) is 100 Å². The van der Waals surface area contributed by atoms with Crippen LogP contribution in [0.3, 0.4) is 0 Å². The number of unbranched alkanes of at least 4 members (excludes halogenated alkanes) is 42. The molecular formula is C75H137NO10. The molecule has 0 spiro atoms. The van der Waals surface area contributed by atoms with E-state index in [1.54, 1.807) is 6.08 Å². The van der Waals surface area contributed by atoms with Crippen LogP contribution in [0.2, 0.25) is 0 Å². The van der Waals surface area contributed by atoms with Gasteiger partial charge in [-0.2, -0.15) is 0 Å². The molecule has 1 rings (SSSR count). The number of ether oxygens (including phenoxy) is 3. The summed E-state index contributed by atoms with van der Waals surface area (Å²) in [6.45, 7) is 4.27. The van der Waals surface area contributed by atoms with Gasteiger partial charge in [0.05, 0.1) is 32.0 Å². The molecule has 0 aliphatic carbocycles. The maximum absolute atomic E-state index is 13.0. The molecule has 11 heteroatoms. The summed E-state index contributed by atoms with van der Waals surface area (Å²) < 4.78 is 16.7. The minimum absolute atomic E-state index is 0.0104. The van der Waals surface area contributed by atoms with E-state index in [2.05, 4.69) is 67.8 Å². The first kappa shape index (κ1) is 81.4. The van der Waals surface area contributed by atoms with Crippen LogP contribution in [-0.2, 0) is 23.8 Å². The van der Waals surface area contributed by atoms with Crippen LogP contribution >= 0.6 is 0 Å². The summed E-state index contributed by atoms with van der Waals surface area (Å²) in [4.78, 5) is 25.1. The van der Waals surface area contributed by atoms with Crippen LogP contribution in [0.1, 0.15) is 341 Å². The van der Waals surface area contributed by atoms with Gasteiger partial charge in [0.25, 0.3) is 0 Å². The van der Waals surface area contributed by atoms with Crippen LogP contribution in [0, 0.1) is 0 Å². The molecule has 1 amide bonds. The van der Waals surface area contributed by atoms with Gasteiger partial charge in [-0.3, -0.25) is 9.59 Å².